The summed E-state index contributed by atoms with van der Waals surface area (Å²) in [6, 6.07) is 7.53. The maximum atomic E-state index is 11.0. The van der Waals surface area contributed by atoms with Crippen molar-refractivity contribution >= 4 is 17.2 Å². The molecule has 0 aliphatic heterocycles. The van der Waals surface area contributed by atoms with Gasteiger partial charge in [0.1, 0.15) is 5.01 Å². The molecule has 1 amide bonds. The summed E-state index contributed by atoms with van der Waals surface area (Å²) in [7, 11) is 0. The van der Waals surface area contributed by atoms with E-state index in [9.17, 15) is 4.79 Å². The average Bonchev–Trinajstić information content (AvgIpc) is 2.83. The fourth-order valence-corrected chi connectivity index (χ4v) is 2.54. The first-order chi connectivity index (χ1) is 9.06. The van der Waals surface area contributed by atoms with Crippen LogP contribution in [-0.2, 0) is 6.54 Å². The quantitative estimate of drug-likeness (QED) is 0.880. The van der Waals surface area contributed by atoms with Gasteiger partial charge in [-0.2, -0.15) is 0 Å². The number of benzene rings is 1. The highest BCUT2D eigenvalue weighted by molar-refractivity contribution is 7.09. The second kappa shape index (κ2) is 5.95. The molecule has 0 fully saturated rings. The molecule has 5 heteroatoms. The van der Waals surface area contributed by atoms with Gasteiger partial charge < -0.3 is 11.1 Å². The van der Waals surface area contributed by atoms with Crippen LogP contribution in [0.2, 0.25) is 0 Å². The molecule has 1 aromatic carbocycles. The van der Waals surface area contributed by atoms with Crippen molar-refractivity contribution in [3.05, 3.63) is 51.5 Å². The number of carbonyl (C=O) groups excluding carboxylic acids is 1. The van der Waals surface area contributed by atoms with E-state index in [1.165, 1.54) is 0 Å². The van der Waals surface area contributed by atoms with Crippen LogP contribution in [0.1, 0.15) is 39.6 Å². The molecule has 0 radical (unpaired) electrons. The van der Waals surface area contributed by atoms with Crippen molar-refractivity contribution in [3.63, 3.8) is 0 Å². The predicted molar refractivity (Wildman–Crippen MR) is 77.1 cm³/mol. The Kier molecular flexibility index (Phi) is 4.29. The lowest BCUT2D eigenvalue weighted by Crippen LogP contribution is -2.18. The molecule has 3 N–H and O–H groups in total. The van der Waals surface area contributed by atoms with E-state index >= 15 is 0 Å². The largest absolute Gasteiger partial charge is 0.366 e. The number of primary amides is 1. The zero-order chi connectivity index (χ0) is 13.8. The molecule has 0 aliphatic carbocycles. The van der Waals surface area contributed by atoms with E-state index in [4.69, 9.17) is 5.73 Å². The minimum absolute atomic E-state index is 0.217. The zero-order valence-electron chi connectivity index (χ0n) is 11.0. The topological polar surface area (TPSA) is 68.0 Å². The van der Waals surface area contributed by atoms with Gasteiger partial charge in [-0.1, -0.05) is 12.1 Å². The number of nitrogens with two attached hydrogens (primary N) is 1. The lowest BCUT2D eigenvalue weighted by atomic mass is 10.1. The SMILES string of the molecule is Cc1csc(C(C)NCc2ccc(C(N)=O)cc2)n1. The van der Waals surface area contributed by atoms with Crippen LogP contribution in [-0.4, -0.2) is 10.9 Å². The maximum absolute atomic E-state index is 11.0. The van der Waals surface area contributed by atoms with Crippen LogP contribution in [0, 0.1) is 6.92 Å². The summed E-state index contributed by atoms with van der Waals surface area (Å²) < 4.78 is 0. The normalized spacial score (nSPS) is 12.3. The Morgan fingerprint density at radius 3 is 2.63 bits per heavy atom. The molecule has 1 unspecified atom stereocenters. The minimum atomic E-state index is -0.397. The fourth-order valence-electron chi connectivity index (χ4n) is 1.72. The number of aryl methyl sites for hydroxylation is 1. The van der Waals surface area contributed by atoms with E-state index < -0.39 is 5.91 Å². The Labute approximate surface area is 116 Å². The van der Waals surface area contributed by atoms with Crippen LogP contribution in [0.5, 0.6) is 0 Å². The smallest absolute Gasteiger partial charge is 0.248 e. The van der Waals surface area contributed by atoms with E-state index in [0.717, 1.165) is 22.8 Å². The summed E-state index contributed by atoms with van der Waals surface area (Å²) >= 11 is 1.66. The zero-order valence-corrected chi connectivity index (χ0v) is 11.8. The Balaban J connectivity index is 1.93. The number of hydrogen-bond donors (Lipinski definition) is 2. The van der Waals surface area contributed by atoms with Gasteiger partial charge >= 0.3 is 0 Å². The number of nitrogens with one attached hydrogen (secondary N) is 1. The maximum Gasteiger partial charge on any atom is 0.248 e. The fraction of sp³-hybridized carbons (Fsp3) is 0.286. The minimum Gasteiger partial charge on any atom is -0.366 e. The van der Waals surface area contributed by atoms with Crippen LogP contribution in [0.3, 0.4) is 0 Å². The van der Waals surface area contributed by atoms with Crippen molar-refractivity contribution < 1.29 is 4.79 Å². The second-order valence-corrected chi connectivity index (χ2v) is 5.38. The van der Waals surface area contributed by atoms with Crippen molar-refractivity contribution in [1.82, 2.24) is 10.3 Å². The summed E-state index contributed by atoms with van der Waals surface area (Å²) in [6.45, 7) is 4.82. The Morgan fingerprint density at radius 1 is 1.42 bits per heavy atom. The molecule has 1 heterocycles. The Morgan fingerprint density at radius 2 is 2.11 bits per heavy atom. The highest BCUT2D eigenvalue weighted by Crippen LogP contribution is 2.17. The molecule has 0 saturated heterocycles. The second-order valence-electron chi connectivity index (χ2n) is 4.49. The number of hydrogen-bond acceptors (Lipinski definition) is 4. The van der Waals surface area contributed by atoms with Gasteiger partial charge in [0.25, 0.3) is 0 Å². The predicted octanol–water partition coefficient (Wildman–Crippen LogP) is 2.40. The van der Waals surface area contributed by atoms with Gasteiger partial charge in [0, 0.05) is 23.2 Å². The first-order valence-electron chi connectivity index (χ1n) is 6.10. The van der Waals surface area contributed by atoms with E-state index in [0.29, 0.717) is 5.56 Å². The van der Waals surface area contributed by atoms with Crippen molar-refractivity contribution in [2.24, 2.45) is 5.73 Å². The molecule has 0 saturated carbocycles. The molecule has 2 aromatic rings. The highest BCUT2D eigenvalue weighted by atomic mass is 32.1. The van der Waals surface area contributed by atoms with Crippen LogP contribution in [0.15, 0.2) is 29.6 Å². The van der Waals surface area contributed by atoms with Crippen molar-refractivity contribution in [3.8, 4) is 0 Å². The Hall–Kier alpha value is -1.72. The monoisotopic (exact) mass is 275 g/mol. The number of carbonyl (C=O) groups is 1. The first kappa shape index (κ1) is 13.7. The van der Waals surface area contributed by atoms with Gasteiger partial charge in [-0.05, 0) is 31.5 Å². The average molecular weight is 275 g/mol. The molecule has 100 valence electrons. The molecule has 0 bridgehead atoms. The van der Waals surface area contributed by atoms with Crippen LogP contribution in [0.25, 0.3) is 0 Å². The van der Waals surface area contributed by atoms with Gasteiger partial charge in [0.05, 0.1) is 6.04 Å². The van der Waals surface area contributed by atoms with Gasteiger partial charge in [0.2, 0.25) is 5.91 Å². The van der Waals surface area contributed by atoms with E-state index in [-0.39, 0.29) is 6.04 Å². The van der Waals surface area contributed by atoms with Gasteiger partial charge in [0.15, 0.2) is 0 Å². The molecule has 0 spiro atoms. The van der Waals surface area contributed by atoms with Crippen molar-refractivity contribution in [2.45, 2.75) is 26.4 Å². The summed E-state index contributed by atoms with van der Waals surface area (Å²) in [4.78, 5) is 15.4. The molecular weight excluding hydrogens is 258 g/mol. The van der Waals surface area contributed by atoms with Crippen LogP contribution in [0.4, 0.5) is 0 Å². The number of thiazole rings is 1. The van der Waals surface area contributed by atoms with E-state index in [2.05, 4.69) is 22.6 Å². The summed E-state index contributed by atoms with van der Waals surface area (Å²) in [5.41, 5.74) is 7.91. The number of nitrogens with zero attached hydrogens (tertiary/aromatic N) is 1. The van der Waals surface area contributed by atoms with Crippen molar-refractivity contribution in [2.75, 3.05) is 0 Å². The third-order valence-electron chi connectivity index (χ3n) is 2.86. The van der Waals surface area contributed by atoms with Crippen LogP contribution < -0.4 is 11.1 Å². The highest BCUT2D eigenvalue weighted by Gasteiger charge is 2.08. The van der Waals surface area contributed by atoms with Crippen molar-refractivity contribution in [1.29, 1.82) is 0 Å². The molecule has 0 aliphatic rings. The van der Waals surface area contributed by atoms with Crippen LogP contribution >= 0.6 is 11.3 Å². The third-order valence-corrected chi connectivity index (χ3v) is 4.00. The molecule has 1 atom stereocenters. The van der Waals surface area contributed by atoms with Gasteiger partial charge in [-0.15, -0.1) is 11.3 Å². The van der Waals surface area contributed by atoms with Gasteiger partial charge in [-0.3, -0.25) is 4.79 Å². The van der Waals surface area contributed by atoms with E-state index in [1.807, 2.05) is 19.1 Å². The first-order valence-corrected chi connectivity index (χ1v) is 6.98. The number of rotatable bonds is 5. The van der Waals surface area contributed by atoms with E-state index in [1.54, 1.807) is 23.5 Å². The lowest BCUT2D eigenvalue weighted by Gasteiger charge is -2.11. The summed E-state index contributed by atoms with van der Waals surface area (Å²) in [5, 5.41) is 6.55. The van der Waals surface area contributed by atoms with Gasteiger partial charge in [-0.25, -0.2) is 4.98 Å². The number of aromatic nitrogens is 1. The third kappa shape index (κ3) is 3.62. The molecule has 19 heavy (non-hydrogen) atoms. The molecule has 4 nitrogen and oxygen atoms in total. The molecule has 2 rings (SSSR count). The summed E-state index contributed by atoms with van der Waals surface area (Å²) in [6.07, 6.45) is 0. The molecular formula is C14H17N3OS. The standard InChI is InChI=1S/C14H17N3OS/c1-9-8-19-14(17-9)10(2)16-7-11-3-5-12(6-4-11)13(15)18/h3-6,8,10,16H,7H2,1-2H3,(H2,15,18). The Bertz CT molecular complexity index is 562. The lowest BCUT2D eigenvalue weighted by molar-refractivity contribution is 0.100. The molecule has 1 aromatic heterocycles. The number of amides is 1. The summed E-state index contributed by atoms with van der Waals surface area (Å²) in [5.74, 6) is -0.397.